The lowest BCUT2D eigenvalue weighted by Gasteiger charge is -2.30. The predicted octanol–water partition coefficient (Wildman–Crippen LogP) is 6.29. The molecule has 0 radical (unpaired) electrons. The molecule has 1 aromatic heterocycles. The van der Waals surface area contributed by atoms with E-state index in [2.05, 4.69) is 53.5 Å². The van der Waals surface area contributed by atoms with Crippen LogP contribution < -0.4 is 0 Å². The van der Waals surface area contributed by atoms with Gasteiger partial charge in [0.15, 0.2) is 0 Å². The average Bonchev–Trinajstić information content (AvgIpc) is 3.46. The van der Waals surface area contributed by atoms with Crippen molar-refractivity contribution in [2.45, 2.75) is 12.8 Å². The summed E-state index contributed by atoms with van der Waals surface area (Å²) in [6.45, 7) is 0.637. The van der Waals surface area contributed by atoms with Crippen LogP contribution in [-0.4, -0.2) is 28.1 Å². The molecule has 2 aliphatic heterocycles. The number of H-pyrrole nitrogens is 1. The van der Waals surface area contributed by atoms with E-state index in [0.717, 1.165) is 40.8 Å². The van der Waals surface area contributed by atoms with Gasteiger partial charge in [-0.15, -0.1) is 11.8 Å². The van der Waals surface area contributed by atoms with Gasteiger partial charge in [-0.2, -0.15) is 0 Å². The van der Waals surface area contributed by atoms with Gasteiger partial charge in [0.1, 0.15) is 0 Å². The summed E-state index contributed by atoms with van der Waals surface area (Å²) in [6, 6.07) is 23.0. The Labute approximate surface area is 185 Å². The summed E-state index contributed by atoms with van der Waals surface area (Å²) in [5.41, 5.74) is 5.56. The molecule has 0 unspecified atom stereocenters. The molecule has 4 heteroatoms. The van der Waals surface area contributed by atoms with Crippen LogP contribution in [0.3, 0.4) is 0 Å². The molecule has 3 heterocycles. The fourth-order valence-electron chi connectivity index (χ4n) is 4.77. The number of hydrogen-bond acceptors (Lipinski definition) is 2. The molecule has 3 aromatic carbocycles. The Balaban J connectivity index is 1.45. The first-order chi connectivity index (χ1) is 15.3. The van der Waals surface area contributed by atoms with Crippen molar-refractivity contribution in [2.24, 2.45) is 0 Å². The van der Waals surface area contributed by atoms with Crippen molar-refractivity contribution in [3.63, 3.8) is 0 Å². The molecule has 3 nitrogen and oxygen atoms in total. The minimum Gasteiger partial charge on any atom is -0.360 e. The Kier molecular flexibility index (Phi) is 4.46. The molecule has 6 rings (SSSR count). The van der Waals surface area contributed by atoms with Gasteiger partial charge in [-0.3, -0.25) is 4.79 Å². The van der Waals surface area contributed by atoms with Crippen LogP contribution in [0.15, 0.2) is 95.2 Å². The SMILES string of the molecule is O=C(c1c[nH]c2ccccc12)N1CC=C2CCSC2=C1Cc1cccc2ccccc12. The highest BCUT2D eigenvalue weighted by atomic mass is 32.2. The van der Waals surface area contributed by atoms with E-state index in [-0.39, 0.29) is 5.91 Å². The third kappa shape index (κ3) is 3.10. The Hall–Kier alpha value is -3.24. The third-order valence-electron chi connectivity index (χ3n) is 6.32. The zero-order valence-corrected chi connectivity index (χ0v) is 17.9. The van der Waals surface area contributed by atoms with Crippen molar-refractivity contribution in [2.75, 3.05) is 12.3 Å². The summed E-state index contributed by atoms with van der Waals surface area (Å²) < 4.78 is 0. The number of amides is 1. The Bertz CT molecular complexity index is 1390. The molecule has 2 aliphatic rings. The molecule has 1 fully saturated rings. The number of allylic oxidation sites excluding steroid dienone is 2. The van der Waals surface area contributed by atoms with Crippen LogP contribution in [0.5, 0.6) is 0 Å². The van der Waals surface area contributed by atoms with Gasteiger partial charge in [-0.1, -0.05) is 66.7 Å². The maximum Gasteiger partial charge on any atom is 0.260 e. The molecule has 0 bridgehead atoms. The smallest absolute Gasteiger partial charge is 0.260 e. The second-order valence-corrected chi connectivity index (χ2v) is 9.19. The lowest BCUT2D eigenvalue weighted by atomic mass is 9.97. The van der Waals surface area contributed by atoms with Crippen LogP contribution in [0, 0.1) is 0 Å². The second-order valence-electron chi connectivity index (χ2n) is 8.08. The van der Waals surface area contributed by atoms with Crippen LogP contribution in [0.25, 0.3) is 21.7 Å². The predicted molar refractivity (Wildman–Crippen MR) is 129 cm³/mol. The van der Waals surface area contributed by atoms with E-state index in [1.165, 1.54) is 26.8 Å². The lowest BCUT2D eigenvalue weighted by Crippen LogP contribution is -2.34. The van der Waals surface area contributed by atoms with Crippen molar-refractivity contribution in [1.82, 2.24) is 9.88 Å². The highest BCUT2D eigenvalue weighted by Gasteiger charge is 2.31. The number of nitrogens with one attached hydrogen (secondary N) is 1. The minimum absolute atomic E-state index is 0.0722. The first-order valence-electron chi connectivity index (χ1n) is 10.7. The number of carbonyl (C=O) groups excluding carboxylic acids is 1. The Morgan fingerprint density at radius 3 is 2.71 bits per heavy atom. The normalized spacial score (nSPS) is 16.1. The van der Waals surface area contributed by atoms with Crippen LogP contribution in [0.1, 0.15) is 22.3 Å². The molecule has 1 amide bonds. The fraction of sp³-hybridized carbons (Fsp3) is 0.148. The van der Waals surface area contributed by atoms with Crippen LogP contribution in [0.4, 0.5) is 0 Å². The van der Waals surface area contributed by atoms with Gasteiger partial charge < -0.3 is 9.88 Å². The lowest BCUT2D eigenvalue weighted by molar-refractivity contribution is 0.0816. The molecule has 0 atom stereocenters. The third-order valence-corrected chi connectivity index (χ3v) is 7.52. The number of aromatic nitrogens is 1. The van der Waals surface area contributed by atoms with Crippen molar-refractivity contribution in [3.8, 4) is 0 Å². The van der Waals surface area contributed by atoms with E-state index in [4.69, 9.17) is 0 Å². The largest absolute Gasteiger partial charge is 0.360 e. The van der Waals surface area contributed by atoms with E-state index >= 15 is 0 Å². The summed E-state index contributed by atoms with van der Waals surface area (Å²) in [4.78, 5) is 20.3. The highest BCUT2D eigenvalue weighted by Crippen LogP contribution is 2.43. The number of carbonyl (C=O) groups is 1. The Morgan fingerprint density at radius 1 is 0.968 bits per heavy atom. The number of benzene rings is 3. The summed E-state index contributed by atoms with van der Waals surface area (Å²) >= 11 is 1.89. The van der Waals surface area contributed by atoms with E-state index in [0.29, 0.717) is 6.54 Å². The molecular formula is C27H22N2OS. The van der Waals surface area contributed by atoms with Gasteiger partial charge in [-0.05, 0) is 34.4 Å². The van der Waals surface area contributed by atoms with Gasteiger partial charge in [0.2, 0.25) is 0 Å². The monoisotopic (exact) mass is 422 g/mol. The number of para-hydroxylation sites is 1. The number of fused-ring (bicyclic) bond motifs is 3. The molecule has 4 aromatic rings. The van der Waals surface area contributed by atoms with Gasteiger partial charge in [0.25, 0.3) is 5.91 Å². The molecule has 0 spiro atoms. The van der Waals surface area contributed by atoms with E-state index in [1.807, 2.05) is 47.1 Å². The Morgan fingerprint density at radius 2 is 1.77 bits per heavy atom. The maximum atomic E-state index is 13.8. The number of aromatic amines is 1. The topological polar surface area (TPSA) is 36.1 Å². The molecule has 31 heavy (non-hydrogen) atoms. The van der Waals surface area contributed by atoms with Gasteiger partial charge >= 0.3 is 0 Å². The molecule has 1 N–H and O–H groups in total. The molecule has 0 saturated carbocycles. The van der Waals surface area contributed by atoms with Crippen molar-refractivity contribution in [1.29, 1.82) is 0 Å². The summed E-state index contributed by atoms with van der Waals surface area (Å²) in [7, 11) is 0. The van der Waals surface area contributed by atoms with Crippen molar-refractivity contribution >= 4 is 39.3 Å². The zero-order chi connectivity index (χ0) is 20.8. The van der Waals surface area contributed by atoms with Gasteiger partial charge in [-0.25, -0.2) is 0 Å². The zero-order valence-electron chi connectivity index (χ0n) is 17.1. The summed E-state index contributed by atoms with van der Waals surface area (Å²) in [5, 5.41) is 3.48. The quantitative estimate of drug-likeness (QED) is 0.421. The standard InChI is InChI=1S/C27H22N2OS/c30-27(23-17-28-24-11-4-3-10-22(23)24)29-14-12-19-13-15-31-26(19)25(29)16-20-8-5-7-18-6-1-2-9-21(18)20/h1-12,17,28H,13-16H2. The average molecular weight is 423 g/mol. The van der Waals surface area contributed by atoms with Gasteiger partial charge in [0.05, 0.1) is 5.56 Å². The van der Waals surface area contributed by atoms with Crippen molar-refractivity contribution in [3.05, 3.63) is 106 Å². The maximum absolute atomic E-state index is 13.8. The molecule has 1 saturated heterocycles. The summed E-state index contributed by atoms with van der Waals surface area (Å²) in [6.07, 6.45) is 5.95. The van der Waals surface area contributed by atoms with Crippen LogP contribution in [0.2, 0.25) is 0 Å². The first kappa shape index (κ1) is 18.5. The van der Waals surface area contributed by atoms with E-state index in [9.17, 15) is 4.79 Å². The van der Waals surface area contributed by atoms with Gasteiger partial charge in [0, 0.05) is 46.4 Å². The minimum atomic E-state index is 0.0722. The first-order valence-corrected chi connectivity index (χ1v) is 11.7. The number of nitrogens with zero attached hydrogens (tertiary/aromatic N) is 1. The van der Waals surface area contributed by atoms with Crippen molar-refractivity contribution < 1.29 is 4.79 Å². The van der Waals surface area contributed by atoms with E-state index < -0.39 is 0 Å². The molecular weight excluding hydrogens is 400 g/mol. The number of rotatable bonds is 3. The number of hydrogen-bond donors (Lipinski definition) is 1. The van der Waals surface area contributed by atoms with Crippen LogP contribution >= 0.6 is 11.8 Å². The second kappa shape index (κ2) is 7.47. The molecule has 152 valence electrons. The van der Waals surface area contributed by atoms with Crippen LogP contribution in [-0.2, 0) is 6.42 Å². The fourth-order valence-corrected chi connectivity index (χ4v) is 6.01. The highest BCUT2D eigenvalue weighted by molar-refractivity contribution is 8.03. The molecule has 0 aliphatic carbocycles. The van der Waals surface area contributed by atoms with E-state index in [1.54, 1.807) is 0 Å². The number of thioether (sulfide) groups is 1. The summed E-state index contributed by atoms with van der Waals surface area (Å²) in [5.74, 6) is 1.16.